The highest BCUT2D eigenvalue weighted by Gasteiger charge is 2.58. The number of piperidine rings is 1. The van der Waals surface area contributed by atoms with Crippen LogP contribution in [0.3, 0.4) is 0 Å². The van der Waals surface area contributed by atoms with E-state index in [1.807, 2.05) is 12.1 Å². The molecule has 1 heterocycles. The summed E-state index contributed by atoms with van der Waals surface area (Å²) in [5.41, 5.74) is 1.37. The zero-order valence-electron chi connectivity index (χ0n) is 9.09. The largest absolute Gasteiger partial charge is 0.278 e. The van der Waals surface area contributed by atoms with Gasteiger partial charge in [0.05, 0.1) is 30.0 Å². The van der Waals surface area contributed by atoms with Crippen molar-refractivity contribution in [1.82, 2.24) is 4.90 Å². The molecule has 4 nitrogen and oxygen atoms in total. The maximum absolute atomic E-state index is 11.8. The number of fused-ring (bicyclic) bond motifs is 1. The second-order valence-electron chi connectivity index (χ2n) is 4.52. The second-order valence-corrected chi connectivity index (χ2v) is 4.52. The van der Waals surface area contributed by atoms with Crippen LogP contribution in [0, 0.1) is 23.2 Å². The number of amides is 2. The number of likely N-dealkylation sites (tertiary alicyclic amines) is 1. The van der Waals surface area contributed by atoms with Crippen LogP contribution in [0.25, 0.3) is 0 Å². The van der Waals surface area contributed by atoms with Crippen molar-refractivity contribution in [2.45, 2.75) is 13.0 Å². The van der Waals surface area contributed by atoms with Gasteiger partial charge in [0.1, 0.15) is 0 Å². The number of carbonyl (C=O) groups excluding carboxylic acids is 2. The molecule has 17 heavy (non-hydrogen) atoms. The van der Waals surface area contributed by atoms with Crippen LogP contribution in [-0.2, 0) is 16.1 Å². The van der Waals surface area contributed by atoms with Gasteiger partial charge in [0.25, 0.3) is 0 Å². The van der Waals surface area contributed by atoms with E-state index in [9.17, 15) is 9.59 Å². The molecule has 2 atom stereocenters. The number of imide groups is 1. The Kier molecular flexibility index (Phi) is 2.02. The summed E-state index contributed by atoms with van der Waals surface area (Å²) < 4.78 is 0. The topological polar surface area (TPSA) is 61.2 Å². The lowest BCUT2D eigenvalue weighted by Crippen LogP contribution is -2.32. The molecule has 0 aromatic heterocycles. The number of benzene rings is 1. The smallest absolute Gasteiger partial charge is 0.233 e. The molecule has 0 spiro atoms. The summed E-state index contributed by atoms with van der Waals surface area (Å²) >= 11 is 0. The molecule has 2 amide bonds. The summed E-state index contributed by atoms with van der Waals surface area (Å²) in [7, 11) is 0. The van der Waals surface area contributed by atoms with E-state index in [0.717, 1.165) is 12.0 Å². The summed E-state index contributed by atoms with van der Waals surface area (Å²) in [5.74, 6) is -0.215. The molecule has 1 aliphatic heterocycles. The minimum absolute atomic E-state index is 0.0534. The number of hydrogen-bond donors (Lipinski definition) is 0. The number of nitrogens with zero attached hydrogens (tertiary/aromatic N) is 2. The lowest BCUT2D eigenvalue weighted by molar-refractivity contribution is -0.142. The van der Waals surface area contributed by atoms with Crippen LogP contribution in [0.2, 0.25) is 0 Å². The van der Waals surface area contributed by atoms with Gasteiger partial charge in [-0.05, 0) is 24.1 Å². The van der Waals surface area contributed by atoms with Crippen molar-refractivity contribution in [3.63, 3.8) is 0 Å². The summed E-state index contributed by atoms with van der Waals surface area (Å²) in [6, 6.07) is 9.05. The molecule has 2 aliphatic rings. The SMILES string of the molecule is N#Cc1cccc(CN2C(=O)C3CC3C2=O)c1. The van der Waals surface area contributed by atoms with Gasteiger partial charge in [0.15, 0.2) is 0 Å². The second kappa shape index (κ2) is 3.42. The van der Waals surface area contributed by atoms with E-state index in [-0.39, 0.29) is 23.7 Å². The molecule has 2 unspecified atom stereocenters. The van der Waals surface area contributed by atoms with Crippen LogP contribution in [0.1, 0.15) is 17.5 Å². The normalized spacial score (nSPS) is 25.7. The Labute approximate surface area is 98.4 Å². The van der Waals surface area contributed by atoms with Crippen LogP contribution < -0.4 is 0 Å². The van der Waals surface area contributed by atoms with Crippen LogP contribution in [0.15, 0.2) is 24.3 Å². The summed E-state index contributed by atoms with van der Waals surface area (Å²) in [6.45, 7) is 0.292. The minimum atomic E-state index is -0.0540. The minimum Gasteiger partial charge on any atom is -0.278 e. The highest BCUT2D eigenvalue weighted by atomic mass is 16.2. The molecule has 0 bridgehead atoms. The Bertz CT molecular complexity index is 539. The molecular weight excluding hydrogens is 216 g/mol. The van der Waals surface area contributed by atoms with Gasteiger partial charge in [0.2, 0.25) is 11.8 Å². The van der Waals surface area contributed by atoms with E-state index in [0.29, 0.717) is 12.1 Å². The van der Waals surface area contributed by atoms with Crippen LogP contribution in [0.4, 0.5) is 0 Å². The Balaban J connectivity index is 1.81. The van der Waals surface area contributed by atoms with Gasteiger partial charge in [-0.1, -0.05) is 12.1 Å². The molecule has 1 aromatic rings. The fourth-order valence-corrected chi connectivity index (χ4v) is 2.33. The third-order valence-corrected chi connectivity index (χ3v) is 3.35. The van der Waals surface area contributed by atoms with E-state index < -0.39 is 0 Å². The predicted octanol–water partition coefficient (Wildman–Crippen LogP) is 1.06. The third-order valence-electron chi connectivity index (χ3n) is 3.35. The molecule has 1 aromatic carbocycles. The molecule has 1 aliphatic carbocycles. The monoisotopic (exact) mass is 226 g/mol. The van der Waals surface area contributed by atoms with E-state index in [4.69, 9.17) is 5.26 Å². The average Bonchev–Trinajstić information content (AvgIpc) is 3.10. The van der Waals surface area contributed by atoms with Crippen molar-refractivity contribution in [3.8, 4) is 6.07 Å². The molecule has 0 radical (unpaired) electrons. The fourth-order valence-electron chi connectivity index (χ4n) is 2.33. The van der Waals surface area contributed by atoms with Crippen molar-refractivity contribution in [3.05, 3.63) is 35.4 Å². The van der Waals surface area contributed by atoms with Crippen LogP contribution >= 0.6 is 0 Å². The van der Waals surface area contributed by atoms with Gasteiger partial charge in [-0.15, -0.1) is 0 Å². The number of carbonyl (C=O) groups is 2. The number of nitriles is 1. The zero-order valence-corrected chi connectivity index (χ0v) is 9.09. The highest BCUT2D eigenvalue weighted by Crippen LogP contribution is 2.47. The van der Waals surface area contributed by atoms with E-state index in [2.05, 4.69) is 0 Å². The average molecular weight is 226 g/mol. The standard InChI is InChI=1S/C13H10N2O2/c14-6-8-2-1-3-9(4-8)7-15-12(16)10-5-11(10)13(15)17/h1-4,10-11H,5,7H2. The van der Waals surface area contributed by atoms with Crippen LogP contribution in [0.5, 0.6) is 0 Å². The maximum atomic E-state index is 11.8. The van der Waals surface area contributed by atoms with Crippen LogP contribution in [-0.4, -0.2) is 16.7 Å². The Morgan fingerprint density at radius 2 is 2.00 bits per heavy atom. The van der Waals surface area contributed by atoms with Gasteiger partial charge in [-0.25, -0.2) is 0 Å². The van der Waals surface area contributed by atoms with E-state index >= 15 is 0 Å². The maximum Gasteiger partial charge on any atom is 0.233 e. The van der Waals surface area contributed by atoms with Crippen molar-refractivity contribution in [1.29, 1.82) is 5.26 Å². The first-order valence-corrected chi connectivity index (χ1v) is 5.55. The van der Waals surface area contributed by atoms with Crippen molar-refractivity contribution in [2.24, 2.45) is 11.8 Å². The molecule has 1 saturated carbocycles. The van der Waals surface area contributed by atoms with Gasteiger partial charge >= 0.3 is 0 Å². The van der Waals surface area contributed by atoms with Gasteiger partial charge in [-0.2, -0.15) is 5.26 Å². The first kappa shape index (κ1) is 10.0. The molecule has 84 valence electrons. The van der Waals surface area contributed by atoms with E-state index in [1.54, 1.807) is 18.2 Å². The van der Waals surface area contributed by atoms with Gasteiger partial charge in [-0.3, -0.25) is 14.5 Å². The Morgan fingerprint density at radius 3 is 2.65 bits per heavy atom. The van der Waals surface area contributed by atoms with Crippen molar-refractivity contribution < 1.29 is 9.59 Å². The Morgan fingerprint density at radius 1 is 1.29 bits per heavy atom. The number of hydrogen-bond acceptors (Lipinski definition) is 3. The van der Waals surface area contributed by atoms with Gasteiger partial charge in [0, 0.05) is 0 Å². The Hall–Kier alpha value is -2.15. The molecule has 4 heteroatoms. The molecule has 2 fully saturated rings. The first-order chi connectivity index (χ1) is 8.20. The molecular formula is C13H10N2O2. The molecule has 0 N–H and O–H groups in total. The highest BCUT2D eigenvalue weighted by molar-refractivity contribution is 6.08. The number of rotatable bonds is 2. The fraction of sp³-hybridized carbons (Fsp3) is 0.308. The summed E-state index contributed by atoms with van der Waals surface area (Å²) in [6.07, 6.45) is 0.729. The van der Waals surface area contributed by atoms with Crippen molar-refractivity contribution >= 4 is 11.8 Å². The lowest BCUT2D eigenvalue weighted by Gasteiger charge is -2.16. The third kappa shape index (κ3) is 1.51. The zero-order chi connectivity index (χ0) is 12.0. The van der Waals surface area contributed by atoms with E-state index in [1.165, 1.54) is 4.90 Å². The lowest BCUT2D eigenvalue weighted by atomic mass is 10.1. The first-order valence-electron chi connectivity index (χ1n) is 5.55. The van der Waals surface area contributed by atoms with Gasteiger partial charge < -0.3 is 0 Å². The summed E-state index contributed by atoms with van der Waals surface area (Å²) in [5, 5.41) is 8.78. The summed E-state index contributed by atoms with van der Waals surface area (Å²) in [4.78, 5) is 24.8. The predicted molar refractivity (Wildman–Crippen MR) is 58.3 cm³/mol. The molecule has 3 rings (SSSR count). The quantitative estimate of drug-likeness (QED) is 0.708. The van der Waals surface area contributed by atoms with Crippen molar-refractivity contribution in [2.75, 3.05) is 0 Å². The molecule has 1 saturated heterocycles.